The van der Waals surface area contributed by atoms with Crippen molar-refractivity contribution >= 4 is 36.7 Å². The lowest BCUT2D eigenvalue weighted by Crippen LogP contribution is -2.17. The molecule has 1 heterocycles. The second-order valence-corrected chi connectivity index (χ2v) is 7.69. The summed E-state index contributed by atoms with van der Waals surface area (Å²) in [6.07, 6.45) is 1.57. The highest BCUT2D eigenvalue weighted by Crippen LogP contribution is 2.26. The molecule has 102 valence electrons. The number of nitrogens with two attached hydrogens (primary N) is 1. The molecule has 2 rings (SSSR count). The van der Waals surface area contributed by atoms with Gasteiger partial charge in [-0.15, -0.1) is 0 Å². The normalized spacial score (nSPS) is 13.6. The minimum Gasteiger partial charge on any atom is -0.323 e. The van der Waals surface area contributed by atoms with Gasteiger partial charge in [0.15, 0.2) is 0 Å². The average molecular weight is 343 g/mol. The van der Waals surface area contributed by atoms with Gasteiger partial charge in [0.25, 0.3) is 0 Å². The fraction of sp³-hybridized carbons (Fsp3) is 0.308. The van der Waals surface area contributed by atoms with Gasteiger partial charge in [0.1, 0.15) is 9.84 Å². The lowest BCUT2D eigenvalue weighted by Gasteiger charge is -2.13. The number of benzene rings is 1. The number of para-hydroxylation sites is 1. The van der Waals surface area contributed by atoms with Crippen LogP contribution in [0, 0.1) is 0 Å². The van der Waals surface area contributed by atoms with Gasteiger partial charge in [0.05, 0.1) is 17.0 Å². The summed E-state index contributed by atoms with van der Waals surface area (Å²) in [6, 6.07) is 9.30. The van der Waals surface area contributed by atoms with E-state index in [1.165, 1.54) is 6.26 Å². The van der Waals surface area contributed by atoms with Crippen molar-refractivity contribution < 1.29 is 8.42 Å². The van der Waals surface area contributed by atoms with Crippen LogP contribution >= 0.6 is 15.9 Å². The molecule has 0 saturated carbocycles. The Morgan fingerprint density at radius 3 is 2.74 bits per heavy atom. The molecule has 4 nitrogen and oxygen atoms in total. The first-order valence-electron chi connectivity index (χ1n) is 5.85. The second-order valence-electron chi connectivity index (χ2n) is 4.57. The van der Waals surface area contributed by atoms with Crippen molar-refractivity contribution in [1.29, 1.82) is 0 Å². The van der Waals surface area contributed by atoms with Crippen molar-refractivity contribution in [3.8, 4) is 0 Å². The fourth-order valence-corrected chi connectivity index (χ4v) is 3.15. The summed E-state index contributed by atoms with van der Waals surface area (Å²) in [6.45, 7) is 0. The van der Waals surface area contributed by atoms with E-state index in [4.69, 9.17) is 5.73 Å². The Hall–Kier alpha value is -0.980. The number of hydrogen-bond acceptors (Lipinski definition) is 4. The van der Waals surface area contributed by atoms with Gasteiger partial charge in [-0.2, -0.15) is 0 Å². The molecule has 0 spiro atoms. The number of rotatable bonds is 4. The first-order chi connectivity index (χ1) is 8.87. The monoisotopic (exact) mass is 342 g/mol. The van der Waals surface area contributed by atoms with Crippen LogP contribution in [0.15, 0.2) is 34.8 Å². The van der Waals surface area contributed by atoms with Crippen molar-refractivity contribution in [2.24, 2.45) is 5.73 Å². The van der Waals surface area contributed by atoms with Gasteiger partial charge in [0.2, 0.25) is 0 Å². The van der Waals surface area contributed by atoms with Crippen LogP contribution in [0.4, 0.5) is 0 Å². The maximum Gasteiger partial charge on any atom is 0.147 e. The van der Waals surface area contributed by atoms with Crippen LogP contribution in [-0.4, -0.2) is 25.4 Å². The van der Waals surface area contributed by atoms with Crippen LogP contribution in [0.3, 0.4) is 0 Å². The zero-order valence-corrected chi connectivity index (χ0v) is 12.9. The molecule has 0 bridgehead atoms. The molecule has 1 unspecified atom stereocenters. The number of halogens is 1. The minimum absolute atomic E-state index is 0.0646. The highest BCUT2D eigenvalue weighted by atomic mass is 79.9. The molecule has 0 aliphatic heterocycles. The maximum atomic E-state index is 11.2. The zero-order chi connectivity index (χ0) is 14.0. The van der Waals surface area contributed by atoms with Crippen molar-refractivity contribution in [3.05, 3.63) is 40.5 Å². The van der Waals surface area contributed by atoms with E-state index in [2.05, 4.69) is 20.9 Å². The fourth-order valence-electron chi connectivity index (χ4n) is 1.84. The third-order valence-electron chi connectivity index (χ3n) is 2.86. The van der Waals surface area contributed by atoms with Crippen LogP contribution in [0.1, 0.15) is 18.2 Å². The van der Waals surface area contributed by atoms with Crippen LogP contribution < -0.4 is 5.73 Å². The van der Waals surface area contributed by atoms with Crippen LogP contribution in [0.2, 0.25) is 0 Å². The first-order valence-corrected chi connectivity index (χ1v) is 8.70. The average Bonchev–Trinajstić information content (AvgIpc) is 2.34. The van der Waals surface area contributed by atoms with E-state index in [1.807, 2.05) is 30.3 Å². The van der Waals surface area contributed by atoms with Gasteiger partial charge >= 0.3 is 0 Å². The molecule has 0 saturated heterocycles. The third-order valence-corrected chi connectivity index (χ3v) is 4.47. The Kier molecular flexibility index (Phi) is 4.23. The van der Waals surface area contributed by atoms with Crippen molar-refractivity contribution in [1.82, 2.24) is 4.98 Å². The summed E-state index contributed by atoms with van der Waals surface area (Å²) in [7, 11) is -3.01. The Labute approximate surface area is 121 Å². The largest absolute Gasteiger partial charge is 0.323 e. The summed E-state index contributed by atoms with van der Waals surface area (Å²) < 4.78 is 23.2. The summed E-state index contributed by atoms with van der Waals surface area (Å²) in [5.41, 5.74) is 7.59. The SMILES string of the molecule is CS(=O)(=O)CCC(N)c1nc2ccccc2cc1Br. The Bertz CT molecular complexity index is 701. The number of hydrogen-bond donors (Lipinski definition) is 1. The summed E-state index contributed by atoms with van der Waals surface area (Å²) in [5.74, 6) is 0.0646. The topological polar surface area (TPSA) is 73.0 Å². The molecular formula is C13H15BrN2O2S. The molecule has 0 amide bonds. The summed E-state index contributed by atoms with van der Waals surface area (Å²) >= 11 is 3.45. The van der Waals surface area contributed by atoms with Crippen LogP contribution in [0.5, 0.6) is 0 Å². The third kappa shape index (κ3) is 3.75. The molecule has 1 atom stereocenters. The van der Waals surface area contributed by atoms with Crippen molar-refractivity contribution in [2.75, 3.05) is 12.0 Å². The predicted molar refractivity (Wildman–Crippen MR) is 80.7 cm³/mol. The van der Waals surface area contributed by atoms with Crippen molar-refractivity contribution in [3.63, 3.8) is 0 Å². The Morgan fingerprint density at radius 1 is 1.37 bits per heavy atom. The molecule has 1 aromatic heterocycles. The molecule has 1 aromatic carbocycles. The van der Waals surface area contributed by atoms with E-state index in [1.54, 1.807) is 0 Å². The van der Waals surface area contributed by atoms with Gasteiger partial charge in [-0.3, -0.25) is 0 Å². The van der Waals surface area contributed by atoms with E-state index in [0.29, 0.717) is 12.1 Å². The molecule has 2 N–H and O–H groups in total. The summed E-state index contributed by atoms with van der Waals surface area (Å²) in [5, 5.41) is 1.02. The molecule has 2 aromatic rings. The van der Waals surface area contributed by atoms with E-state index >= 15 is 0 Å². The van der Waals surface area contributed by atoms with Gasteiger partial charge in [-0.1, -0.05) is 18.2 Å². The van der Waals surface area contributed by atoms with Crippen molar-refractivity contribution in [2.45, 2.75) is 12.5 Å². The van der Waals surface area contributed by atoms with Crippen LogP contribution in [0.25, 0.3) is 10.9 Å². The Morgan fingerprint density at radius 2 is 2.05 bits per heavy atom. The van der Waals surface area contributed by atoms with E-state index in [0.717, 1.165) is 15.4 Å². The number of pyridine rings is 1. The number of fused-ring (bicyclic) bond motifs is 1. The molecule has 19 heavy (non-hydrogen) atoms. The quantitative estimate of drug-likeness (QED) is 0.925. The first kappa shape index (κ1) is 14.4. The number of aromatic nitrogens is 1. The minimum atomic E-state index is -3.01. The second kappa shape index (κ2) is 5.56. The van der Waals surface area contributed by atoms with E-state index in [9.17, 15) is 8.42 Å². The van der Waals surface area contributed by atoms with Gasteiger partial charge < -0.3 is 5.73 Å². The highest BCUT2D eigenvalue weighted by molar-refractivity contribution is 9.10. The standard InChI is InChI=1S/C13H15BrN2O2S/c1-19(17,18)7-6-11(15)13-10(14)8-9-4-2-3-5-12(9)16-13/h2-5,8,11H,6-7,15H2,1H3. The van der Waals surface area contributed by atoms with Crippen LogP contribution in [-0.2, 0) is 9.84 Å². The molecular weight excluding hydrogens is 328 g/mol. The Balaban J connectivity index is 2.31. The molecule has 0 radical (unpaired) electrons. The zero-order valence-electron chi connectivity index (χ0n) is 10.5. The molecule has 0 aliphatic rings. The number of nitrogens with zero attached hydrogens (tertiary/aromatic N) is 1. The lowest BCUT2D eigenvalue weighted by molar-refractivity contribution is 0.589. The molecule has 6 heteroatoms. The lowest BCUT2D eigenvalue weighted by atomic mass is 10.1. The van der Waals surface area contributed by atoms with Gasteiger partial charge in [-0.25, -0.2) is 13.4 Å². The summed E-state index contributed by atoms with van der Waals surface area (Å²) in [4.78, 5) is 4.51. The molecule has 0 aliphatic carbocycles. The smallest absolute Gasteiger partial charge is 0.147 e. The molecule has 0 fully saturated rings. The number of sulfone groups is 1. The predicted octanol–water partition coefficient (Wildman–Crippen LogP) is 2.43. The van der Waals surface area contributed by atoms with Gasteiger partial charge in [-0.05, 0) is 34.5 Å². The van der Waals surface area contributed by atoms with E-state index < -0.39 is 15.9 Å². The van der Waals surface area contributed by atoms with Gasteiger partial charge in [0, 0.05) is 22.2 Å². The highest BCUT2D eigenvalue weighted by Gasteiger charge is 2.15. The maximum absolute atomic E-state index is 11.2. The van der Waals surface area contributed by atoms with E-state index in [-0.39, 0.29) is 5.75 Å².